The van der Waals surface area contributed by atoms with Gasteiger partial charge in [0.25, 0.3) is 0 Å². The van der Waals surface area contributed by atoms with Crippen molar-refractivity contribution < 1.29 is 44.5 Å². The predicted molar refractivity (Wildman–Crippen MR) is 111 cm³/mol. The second-order valence-electron chi connectivity index (χ2n) is 7.49. The van der Waals surface area contributed by atoms with Crippen molar-refractivity contribution in [3.63, 3.8) is 0 Å². The van der Waals surface area contributed by atoms with Crippen molar-refractivity contribution in [3.8, 4) is 28.6 Å². The second-order valence-corrected chi connectivity index (χ2v) is 7.49. The van der Waals surface area contributed by atoms with Gasteiger partial charge in [-0.05, 0) is 24.3 Å². The lowest BCUT2D eigenvalue weighted by molar-refractivity contribution is -0.232. The quantitative estimate of drug-likeness (QED) is 0.330. The van der Waals surface area contributed by atoms with Crippen molar-refractivity contribution in [1.82, 2.24) is 0 Å². The number of fused-ring (bicyclic) bond motifs is 1. The molecule has 0 bridgehead atoms. The number of hydrogen-bond donors (Lipinski definition) is 6. The lowest BCUT2D eigenvalue weighted by atomic mass is 9.89. The predicted octanol–water partition coefficient (Wildman–Crippen LogP) is 0.395. The van der Waals surface area contributed by atoms with Gasteiger partial charge in [0.15, 0.2) is 5.43 Å². The van der Waals surface area contributed by atoms with Crippen LogP contribution in [0.1, 0.15) is 11.7 Å². The molecule has 5 atom stereocenters. The molecule has 0 radical (unpaired) electrons. The van der Waals surface area contributed by atoms with Crippen LogP contribution in [0.5, 0.6) is 17.2 Å². The number of phenolic OH excluding ortho intramolecular Hbond substituents is 2. The molecule has 1 saturated heterocycles. The van der Waals surface area contributed by atoms with Crippen LogP contribution in [0.15, 0.2) is 45.6 Å². The van der Waals surface area contributed by atoms with Crippen molar-refractivity contribution >= 4 is 11.0 Å². The number of phenols is 2. The maximum Gasteiger partial charge on any atom is 0.197 e. The number of ether oxygens (including phenoxy) is 2. The topological polar surface area (TPSA) is 170 Å². The summed E-state index contributed by atoms with van der Waals surface area (Å²) in [5.74, 6) is -0.370. The molecule has 1 aliphatic rings. The molecule has 10 heteroatoms. The van der Waals surface area contributed by atoms with Gasteiger partial charge in [0.1, 0.15) is 64.5 Å². The minimum Gasteiger partial charge on any atom is -0.508 e. The van der Waals surface area contributed by atoms with Crippen molar-refractivity contribution in [1.29, 1.82) is 0 Å². The normalized spacial score (nSPS) is 25.7. The Kier molecular flexibility index (Phi) is 5.80. The second kappa shape index (κ2) is 8.41. The number of hydrogen-bond acceptors (Lipinski definition) is 10. The Bertz CT molecular complexity index is 1180. The average molecular weight is 446 g/mol. The zero-order valence-corrected chi connectivity index (χ0v) is 16.9. The molecule has 2 heterocycles. The van der Waals surface area contributed by atoms with E-state index in [0.717, 1.165) is 6.07 Å². The molecule has 170 valence electrons. The Labute approximate surface area is 181 Å². The van der Waals surface area contributed by atoms with E-state index in [2.05, 4.69) is 0 Å². The fraction of sp³-hybridized carbons (Fsp3) is 0.318. The van der Waals surface area contributed by atoms with Crippen LogP contribution in [-0.2, 0) is 4.74 Å². The number of benzene rings is 2. The Hall–Kier alpha value is -3.15. The van der Waals surface area contributed by atoms with E-state index in [4.69, 9.17) is 13.9 Å². The molecular weight excluding hydrogens is 424 g/mol. The monoisotopic (exact) mass is 446 g/mol. The van der Waals surface area contributed by atoms with Crippen LogP contribution in [0.4, 0.5) is 0 Å². The fourth-order valence-electron chi connectivity index (χ4n) is 3.89. The van der Waals surface area contributed by atoms with Crippen LogP contribution < -0.4 is 10.2 Å². The lowest BCUT2D eigenvalue weighted by Gasteiger charge is -2.40. The van der Waals surface area contributed by atoms with Gasteiger partial charge in [-0.3, -0.25) is 4.79 Å². The van der Waals surface area contributed by atoms with Crippen LogP contribution >= 0.6 is 0 Å². The van der Waals surface area contributed by atoms with Gasteiger partial charge in [-0.15, -0.1) is 0 Å². The largest absolute Gasteiger partial charge is 0.508 e. The molecular formula is C22H22O10. The molecule has 6 N–H and O–H groups in total. The number of aromatic hydroxyl groups is 2. The SMILES string of the molecule is COc1c([C@@H]2O[C@H](CO)[C@@H](O)[C@H](O)[C@H]2O)c(O)cc2oc(-c3ccc(O)cc3)cc(=O)c12. The van der Waals surface area contributed by atoms with Gasteiger partial charge in [-0.25, -0.2) is 0 Å². The van der Waals surface area contributed by atoms with Crippen molar-refractivity contribution in [3.05, 3.63) is 52.2 Å². The van der Waals surface area contributed by atoms with E-state index >= 15 is 0 Å². The summed E-state index contributed by atoms with van der Waals surface area (Å²) in [5.41, 5.74) is -0.153. The molecule has 0 aliphatic carbocycles. The molecule has 32 heavy (non-hydrogen) atoms. The van der Waals surface area contributed by atoms with E-state index in [-0.39, 0.29) is 33.8 Å². The summed E-state index contributed by atoms with van der Waals surface area (Å²) >= 11 is 0. The number of rotatable bonds is 4. The number of methoxy groups -OCH3 is 1. The zero-order chi connectivity index (χ0) is 23.2. The summed E-state index contributed by atoms with van der Waals surface area (Å²) < 4.78 is 16.7. The Morgan fingerprint density at radius 1 is 1.00 bits per heavy atom. The third-order valence-corrected chi connectivity index (χ3v) is 5.52. The highest BCUT2D eigenvalue weighted by Crippen LogP contribution is 2.45. The van der Waals surface area contributed by atoms with Gasteiger partial charge in [0.05, 0.1) is 19.3 Å². The number of aliphatic hydroxyl groups excluding tert-OH is 4. The Morgan fingerprint density at radius 2 is 1.69 bits per heavy atom. The third-order valence-electron chi connectivity index (χ3n) is 5.52. The van der Waals surface area contributed by atoms with Gasteiger partial charge >= 0.3 is 0 Å². The van der Waals surface area contributed by atoms with Crippen molar-refractivity contribution in [2.24, 2.45) is 0 Å². The van der Waals surface area contributed by atoms with Gasteiger partial charge < -0.3 is 44.5 Å². The molecule has 10 nitrogen and oxygen atoms in total. The average Bonchev–Trinajstić information content (AvgIpc) is 2.77. The Morgan fingerprint density at radius 3 is 2.31 bits per heavy atom. The standard InChI is InChI=1S/C22H22O10/c1-30-21-16-11(25)6-13(9-2-4-10(24)5-3-9)31-14(16)7-12(26)17(21)22-20(29)19(28)18(27)15(8-23)32-22/h2-7,15,18-20,22-24,26-29H,8H2,1H3/t15-,18-,19+,20-,22+/m1/s1. The first kappa shape index (κ1) is 22.1. The smallest absolute Gasteiger partial charge is 0.197 e. The maximum atomic E-state index is 13.0. The van der Waals surface area contributed by atoms with Gasteiger partial charge in [-0.2, -0.15) is 0 Å². The molecule has 2 aromatic carbocycles. The van der Waals surface area contributed by atoms with Gasteiger partial charge in [-0.1, -0.05) is 0 Å². The summed E-state index contributed by atoms with van der Waals surface area (Å²) in [7, 11) is 1.25. The zero-order valence-electron chi connectivity index (χ0n) is 16.9. The van der Waals surface area contributed by atoms with Crippen LogP contribution in [0.25, 0.3) is 22.3 Å². The van der Waals surface area contributed by atoms with E-state index in [1.54, 1.807) is 12.1 Å². The van der Waals surface area contributed by atoms with E-state index in [0.29, 0.717) is 5.56 Å². The van der Waals surface area contributed by atoms with E-state index in [9.17, 15) is 35.4 Å². The van der Waals surface area contributed by atoms with Gasteiger partial charge in [0.2, 0.25) is 0 Å². The fourth-order valence-corrected chi connectivity index (χ4v) is 3.89. The summed E-state index contributed by atoms with van der Waals surface area (Å²) in [6, 6.07) is 8.34. The van der Waals surface area contributed by atoms with Crippen LogP contribution in [0, 0.1) is 0 Å². The van der Waals surface area contributed by atoms with Crippen molar-refractivity contribution in [2.45, 2.75) is 30.5 Å². The van der Waals surface area contributed by atoms with E-state index < -0.39 is 48.3 Å². The molecule has 0 unspecified atom stereocenters. The highest BCUT2D eigenvalue weighted by molar-refractivity contribution is 5.88. The molecule has 1 aliphatic heterocycles. The van der Waals surface area contributed by atoms with E-state index in [1.807, 2.05) is 0 Å². The van der Waals surface area contributed by atoms with Crippen LogP contribution in [0.2, 0.25) is 0 Å². The third kappa shape index (κ3) is 3.57. The Balaban J connectivity index is 1.89. The number of aliphatic hydroxyl groups is 4. The first-order valence-corrected chi connectivity index (χ1v) is 9.74. The van der Waals surface area contributed by atoms with Crippen molar-refractivity contribution in [2.75, 3.05) is 13.7 Å². The minimum atomic E-state index is -1.69. The molecule has 0 amide bonds. The minimum absolute atomic E-state index is 0.0109. The molecule has 4 rings (SSSR count). The van der Waals surface area contributed by atoms with Crippen LogP contribution in [-0.4, -0.2) is 68.8 Å². The van der Waals surface area contributed by atoms with Crippen LogP contribution in [0.3, 0.4) is 0 Å². The highest BCUT2D eigenvalue weighted by atomic mass is 16.5. The molecule has 3 aromatic rings. The maximum absolute atomic E-state index is 13.0. The van der Waals surface area contributed by atoms with E-state index in [1.165, 1.54) is 25.3 Å². The first-order chi connectivity index (χ1) is 15.3. The van der Waals surface area contributed by atoms with Gasteiger partial charge in [0, 0.05) is 17.7 Å². The molecule has 0 saturated carbocycles. The molecule has 1 aromatic heterocycles. The first-order valence-electron chi connectivity index (χ1n) is 9.74. The lowest BCUT2D eigenvalue weighted by Crippen LogP contribution is -2.55. The summed E-state index contributed by atoms with van der Waals surface area (Å²) in [4.78, 5) is 13.0. The molecule has 0 spiro atoms. The highest BCUT2D eigenvalue weighted by Gasteiger charge is 2.46. The summed E-state index contributed by atoms with van der Waals surface area (Å²) in [5, 5.41) is 60.2. The summed E-state index contributed by atoms with van der Waals surface area (Å²) in [6.45, 7) is -0.657. The molecule has 1 fully saturated rings. The summed E-state index contributed by atoms with van der Waals surface area (Å²) in [6.07, 6.45) is -7.59.